The lowest BCUT2D eigenvalue weighted by Gasteiger charge is -2.40. The maximum absolute atomic E-state index is 11.4. The first-order chi connectivity index (χ1) is 6.86. The number of carbonyl (C=O) groups is 1. The van der Waals surface area contributed by atoms with Gasteiger partial charge >= 0.3 is 5.97 Å². The highest BCUT2D eigenvalue weighted by Crippen LogP contribution is 2.40. The molecule has 3 unspecified atom stereocenters. The molecule has 1 aliphatic rings. The second-order valence-corrected chi connectivity index (χ2v) is 5.57. The molecule has 0 aromatic carbocycles. The average molecular weight is 214 g/mol. The van der Waals surface area contributed by atoms with Gasteiger partial charge < -0.3 is 9.84 Å². The smallest absolute Gasteiger partial charge is 0.308 e. The Morgan fingerprint density at radius 3 is 2.40 bits per heavy atom. The van der Waals surface area contributed by atoms with Crippen LogP contribution >= 0.6 is 0 Å². The summed E-state index contributed by atoms with van der Waals surface area (Å²) in [5.41, 5.74) is 0.0477. The van der Waals surface area contributed by atoms with Gasteiger partial charge in [-0.15, -0.1) is 0 Å². The summed E-state index contributed by atoms with van der Waals surface area (Å²) in [7, 11) is 1.43. The van der Waals surface area contributed by atoms with Gasteiger partial charge in [-0.3, -0.25) is 4.79 Å². The second kappa shape index (κ2) is 4.52. The summed E-state index contributed by atoms with van der Waals surface area (Å²) in [6.07, 6.45) is 1.94. The highest BCUT2D eigenvalue weighted by Gasteiger charge is 2.39. The zero-order valence-electron chi connectivity index (χ0n) is 10.1. The van der Waals surface area contributed by atoms with Gasteiger partial charge in [0.05, 0.1) is 19.1 Å². The summed E-state index contributed by atoms with van der Waals surface area (Å²) in [6.45, 7) is 6.33. The molecule has 0 aromatic heterocycles. The molecule has 0 saturated heterocycles. The number of hydrogen-bond acceptors (Lipinski definition) is 3. The molecule has 0 amide bonds. The van der Waals surface area contributed by atoms with Crippen LogP contribution in [0.1, 0.15) is 40.0 Å². The van der Waals surface area contributed by atoms with Crippen molar-refractivity contribution in [2.45, 2.75) is 46.1 Å². The molecule has 15 heavy (non-hydrogen) atoms. The quantitative estimate of drug-likeness (QED) is 0.679. The monoisotopic (exact) mass is 214 g/mol. The van der Waals surface area contributed by atoms with Crippen molar-refractivity contribution in [1.29, 1.82) is 0 Å². The Labute approximate surface area is 91.8 Å². The summed E-state index contributed by atoms with van der Waals surface area (Å²) in [5.74, 6) is 0.0362. The molecule has 0 radical (unpaired) electrons. The SMILES string of the molecule is COC(=O)C1CCC(O)C(C(C)(C)C)C1. The van der Waals surface area contributed by atoms with E-state index < -0.39 is 0 Å². The van der Waals surface area contributed by atoms with Crippen LogP contribution in [-0.2, 0) is 9.53 Å². The van der Waals surface area contributed by atoms with E-state index in [0.29, 0.717) is 6.42 Å². The first kappa shape index (κ1) is 12.5. The Kier molecular flexibility index (Phi) is 3.77. The van der Waals surface area contributed by atoms with Crippen LogP contribution in [0.15, 0.2) is 0 Å². The maximum Gasteiger partial charge on any atom is 0.308 e. The molecule has 0 aromatic rings. The molecule has 88 valence electrons. The van der Waals surface area contributed by atoms with Crippen molar-refractivity contribution in [3.8, 4) is 0 Å². The zero-order chi connectivity index (χ0) is 11.6. The van der Waals surface area contributed by atoms with Crippen molar-refractivity contribution in [2.24, 2.45) is 17.3 Å². The van der Waals surface area contributed by atoms with Crippen molar-refractivity contribution in [1.82, 2.24) is 0 Å². The molecular formula is C12H22O3. The second-order valence-electron chi connectivity index (χ2n) is 5.57. The van der Waals surface area contributed by atoms with Gasteiger partial charge in [0.1, 0.15) is 0 Å². The minimum absolute atomic E-state index is 0.0253. The molecule has 1 aliphatic carbocycles. The maximum atomic E-state index is 11.4. The average Bonchev–Trinajstić information content (AvgIpc) is 2.15. The third kappa shape index (κ3) is 2.94. The lowest BCUT2D eigenvalue weighted by Crippen LogP contribution is -2.39. The Bertz CT molecular complexity index is 230. The Morgan fingerprint density at radius 1 is 1.33 bits per heavy atom. The summed E-state index contributed by atoms with van der Waals surface area (Å²) >= 11 is 0. The third-order valence-corrected chi connectivity index (χ3v) is 3.46. The minimum Gasteiger partial charge on any atom is -0.469 e. The summed E-state index contributed by atoms with van der Waals surface area (Å²) in [4.78, 5) is 11.4. The van der Waals surface area contributed by atoms with Crippen LogP contribution in [0.25, 0.3) is 0 Å². The highest BCUT2D eigenvalue weighted by atomic mass is 16.5. The molecule has 3 heteroatoms. The standard InChI is InChI=1S/C12H22O3/c1-12(2,3)9-7-8(11(14)15-4)5-6-10(9)13/h8-10,13H,5-7H2,1-4H3. The number of ether oxygens (including phenoxy) is 1. The molecule has 0 spiro atoms. The van der Waals surface area contributed by atoms with Crippen LogP contribution in [-0.4, -0.2) is 24.3 Å². The van der Waals surface area contributed by atoms with E-state index in [1.165, 1.54) is 7.11 Å². The van der Waals surface area contributed by atoms with Crippen LogP contribution in [0, 0.1) is 17.3 Å². The van der Waals surface area contributed by atoms with Gasteiger partial charge in [-0.05, 0) is 30.6 Å². The van der Waals surface area contributed by atoms with Crippen molar-refractivity contribution >= 4 is 5.97 Å². The van der Waals surface area contributed by atoms with Crippen molar-refractivity contribution in [3.05, 3.63) is 0 Å². The van der Waals surface area contributed by atoms with Crippen LogP contribution in [0.4, 0.5) is 0 Å². The van der Waals surface area contributed by atoms with Gasteiger partial charge in [0.25, 0.3) is 0 Å². The molecule has 1 saturated carbocycles. The van der Waals surface area contributed by atoms with E-state index in [0.717, 1.165) is 12.8 Å². The van der Waals surface area contributed by atoms with E-state index in [9.17, 15) is 9.90 Å². The van der Waals surface area contributed by atoms with Crippen molar-refractivity contribution < 1.29 is 14.6 Å². The fraction of sp³-hybridized carbons (Fsp3) is 0.917. The fourth-order valence-corrected chi connectivity index (χ4v) is 2.47. The molecule has 1 fully saturated rings. The molecule has 3 nitrogen and oxygen atoms in total. The molecular weight excluding hydrogens is 192 g/mol. The first-order valence-corrected chi connectivity index (χ1v) is 5.62. The lowest BCUT2D eigenvalue weighted by molar-refractivity contribution is -0.149. The number of aliphatic hydroxyl groups excluding tert-OH is 1. The van der Waals surface area contributed by atoms with Gasteiger partial charge in [0.15, 0.2) is 0 Å². The predicted octanol–water partition coefficient (Wildman–Crippen LogP) is 1.98. The van der Waals surface area contributed by atoms with Gasteiger partial charge in [0.2, 0.25) is 0 Å². The molecule has 0 bridgehead atoms. The fourth-order valence-electron chi connectivity index (χ4n) is 2.47. The van der Waals surface area contributed by atoms with Crippen LogP contribution in [0.5, 0.6) is 0 Å². The summed E-state index contributed by atoms with van der Waals surface area (Å²) in [5, 5.41) is 9.92. The number of aliphatic hydroxyl groups is 1. The van der Waals surface area contributed by atoms with Gasteiger partial charge in [-0.1, -0.05) is 20.8 Å². The van der Waals surface area contributed by atoms with Gasteiger partial charge in [-0.25, -0.2) is 0 Å². The molecule has 1 rings (SSSR count). The Hall–Kier alpha value is -0.570. The van der Waals surface area contributed by atoms with Crippen LogP contribution in [0.2, 0.25) is 0 Å². The predicted molar refractivity (Wildman–Crippen MR) is 58.3 cm³/mol. The number of hydrogen-bond donors (Lipinski definition) is 1. The van der Waals surface area contributed by atoms with Crippen molar-refractivity contribution in [2.75, 3.05) is 7.11 Å². The number of methoxy groups -OCH3 is 1. The number of esters is 1. The first-order valence-electron chi connectivity index (χ1n) is 5.62. The van der Waals surface area contributed by atoms with E-state index >= 15 is 0 Å². The lowest BCUT2D eigenvalue weighted by atomic mass is 9.67. The van der Waals surface area contributed by atoms with E-state index in [4.69, 9.17) is 4.74 Å². The number of rotatable bonds is 1. The van der Waals surface area contributed by atoms with Gasteiger partial charge in [-0.2, -0.15) is 0 Å². The molecule has 3 atom stereocenters. The summed E-state index contributed by atoms with van der Waals surface area (Å²) in [6, 6.07) is 0. The summed E-state index contributed by atoms with van der Waals surface area (Å²) < 4.78 is 4.77. The normalized spacial score (nSPS) is 32.5. The van der Waals surface area contributed by atoms with E-state index in [-0.39, 0.29) is 29.3 Å². The largest absolute Gasteiger partial charge is 0.469 e. The van der Waals surface area contributed by atoms with Gasteiger partial charge in [0, 0.05) is 0 Å². The molecule has 0 aliphatic heterocycles. The Morgan fingerprint density at radius 2 is 1.93 bits per heavy atom. The number of carbonyl (C=O) groups excluding carboxylic acids is 1. The van der Waals surface area contributed by atoms with Crippen LogP contribution < -0.4 is 0 Å². The zero-order valence-corrected chi connectivity index (χ0v) is 10.1. The third-order valence-electron chi connectivity index (χ3n) is 3.46. The highest BCUT2D eigenvalue weighted by molar-refractivity contribution is 5.72. The van der Waals surface area contributed by atoms with Crippen LogP contribution in [0.3, 0.4) is 0 Å². The van der Waals surface area contributed by atoms with E-state index in [1.54, 1.807) is 0 Å². The molecule has 1 N–H and O–H groups in total. The Balaban J connectivity index is 2.68. The topological polar surface area (TPSA) is 46.5 Å². The van der Waals surface area contributed by atoms with E-state index in [1.807, 2.05) is 0 Å². The minimum atomic E-state index is -0.272. The van der Waals surface area contributed by atoms with E-state index in [2.05, 4.69) is 20.8 Å². The van der Waals surface area contributed by atoms with Crippen molar-refractivity contribution in [3.63, 3.8) is 0 Å². The molecule has 0 heterocycles.